The Balaban J connectivity index is 0.00000392. The highest BCUT2D eigenvalue weighted by Crippen LogP contribution is 2.33. The highest BCUT2D eigenvalue weighted by molar-refractivity contribution is 14.0. The van der Waals surface area contributed by atoms with Gasteiger partial charge in [0, 0.05) is 30.6 Å². The third kappa shape index (κ3) is 8.32. The molecule has 0 bridgehead atoms. The Kier molecular flexibility index (Phi) is 12.2. The topological polar surface area (TPSA) is 54.9 Å². The molecule has 0 aromatic heterocycles. The number of guanidine groups is 1. The van der Waals surface area contributed by atoms with Gasteiger partial charge < -0.3 is 20.1 Å². The van der Waals surface area contributed by atoms with E-state index in [2.05, 4.69) is 30.7 Å². The molecular weight excluding hydrogens is 492 g/mol. The largest absolute Gasteiger partial charge is 0.489 e. The van der Waals surface area contributed by atoms with E-state index in [1.54, 1.807) is 12.1 Å². The number of aliphatic imine (C=N–C) groups is 1. The zero-order valence-electron chi connectivity index (χ0n) is 17.0. The number of nitrogens with one attached hydrogen (secondary N) is 2. The molecule has 0 saturated carbocycles. The van der Waals surface area contributed by atoms with Crippen LogP contribution in [0.5, 0.6) is 5.75 Å². The summed E-state index contributed by atoms with van der Waals surface area (Å²) in [6.07, 6.45) is 4.96. The number of hydrogen-bond acceptors (Lipinski definition) is 4. The van der Waals surface area contributed by atoms with E-state index >= 15 is 0 Å². The maximum absolute atomic E-state index is 13.3. The van der Waals surface area contributed by atoms with Crippen molar-refractivity contribution in [2.75, 3.05) is 39.1 Å². The number of nitrogens with zero attached hydrogens (tertiary/aromatic N) is 1. The molecule has 1 aromatic carbocycles. The van der Waals surface area contributed by atoms with Crippen molar-refractivity contribution in [3.05, 3.63) is 30.1 Å². The lowest BCUT2D eigenvalue weighted by molar-refractivity contribution is 0.0794. The van der Waals surface area contributed by atoms with E-state index in [0.29, 0.717) is 12.3 Å². The fraction of sp³-hybridized carbons (Fsp3) is 0.650. The number of halogens is 2. The quantitative estimate of drug-likeness (QED) is 0.289. The molecule has 5 nitrogen and oxygen atoms in total. The minimum atomic E-state index is -0.288. The predicted molar refractivity (Wildman–Crippen MR) is 127 cm³/mol. The third-order valence-corrected chi connectivity index (χ3v) is 6.16. The van der Waals surface area contributed by atoms with Crippen molar-refractivity contribution in [2.24, 2.45) is 4.99 Å². The van der Waals surface area contributed by atoms with E-state index in [0.717, 1.165) is 51.5 Å². The molecule has 0 aliphatic carbocycles. The van der Waals surface area contributed by atoms with Gasteiger partial charge in [-0.25, -0.2) is 4.39 Å². The summed E-state index contributed by atoms with van der Waals surface area (Å²) in [5.74, 6) is 1.05. The molecule has 0 spiro atoms. The van der Waals surface area contributed by atoms with Gasteiger partial charge in [-0.15, -0.1) is 24.0 Å². The van der Waals surface area contributed by atoms with Crippen LogP contribution in [-0.4, -0.2) is 55.9 Å². The Morgan fingerprint density at radius 3 is 2.68 bits per heavy atom. The molecule has 1 aliphatic rings. The zero-order valence-corrected chi connectivity index (χ0v) is 20.1. The summed E-state index contributed by atoms with van der Waals surface area (Å²) in [4.78, 5) is 4.81. The molecule has 1 saturated heterocycles. The lowest BCUT2D eigenvalue weighted by atomic mass is 9.99. The van der Waals surface area contributed by atoms with Crippen molar-refractivity contribution in [2.45, 2.75) is 44.0 Å². The maximum atomic E-state index is 13.3. The number of ether oxygens (including phenoxy) is 2. The highest BCUT2D eigenvalue weighted by Gasteiger charge is 2.31. The Morgan fingerprint density at radius 2 is 2.07 bits per heavy atom. The van der Waals surface area contributed by atoms with Gasteiger partial charge in [0.25, 0.3) is 0 Å². The first kappa shape index (κ1) is 25.3. The van der Waals surface area contributed by atoms with Crippen LogP contribution < -0.4 is 15.4 Å². The van der Waals surface area contributed by atoms with E-state index in [1.165, 1.54) is 12.1 Å². The van der Waals surface area contributed by atoms with Gasteiger partial charge in [-0.1, -0.05) is 13.0 Å². The Morgan fingerprint density at radius 1 is 1.32 bits per heavy atom. The van der Waals surface area contributed by atoms with Gasteiger partial charge in [-0.3, -0.25) is 4.99 Å². The summed E-state index contributed by atoms with van der Waals surface area (Å²) in [5, 5.41) is 6.67. The highest BCUT2D eigenvalue weighted by atomic mass is 127. The molecule has 1 aromatic rings. The monoisotopic (exact) mass is 525 g/mol. The number of hydrogen-bond donors (Lipinski definition) is 2. The number of benzene rings is 1. The van der Waals surface area contributed by atoms with Gasteiger partial charge in [-0.05, 0) is 44.6 Å². The fourth-order valence-corrected chi connectivity index (χ4v) is 3.72. The van der Waals surface area contributed by atoms with Crippen molar-refractivity contribution < 1.29 is 13.9 Å². The maximum Gasteiger partial charge on any atom is 0.191 e. The van der Waals surface area contributed by atoms with Gasteiger partial charge in [-0.2, -0.15) is 11.8 Å². The lowest BCUT2D eigenvalue weighted by Crippen LogP contribution is -2.44. The molecule has 160 valence electrons. The molecule has 1 fully saturated rings. The summed E-state index contributed by atoms with van der Waals surface area (Å²) in [5.41, 5.74) is 0. The molecule has 0 radical (unpaired) electrons. The third-order valence-electron chi connectivity index (χ3n) is 4.76. The molecule has 8 heteroatoms. The SMILES string of the molecule is CCNC(=NCC1(SC)CCOCC1)NCC(CC)Oc1cccc(F)c1.I. The van der Waals surface area contributed by atoms with E-state index in [4.69, 9.17) is 14.5 Å². The first-order valence-corrected chi connectivity index (χ1v) is 10.9. The zero-order chi connectivity index (χ0) is 19.5. The smallest absolute Gasteiger partial charge is 0.191 e. The first-order valence-electron chi connectivity index (χ1n) is 9.68. The van der Waals surface area contributed by atoms with Crippen LogP contribution in [0.25, 0.3) is 0 Å². The molecular formula is C20H33FIN3O2S. The molecule has 0 amide bonds. The Bertz CT molecular complexity index is 601. The average Bonchev–Trinajstić information content (AvgIpc) is 2.69. The molecule has 1 atom stereocenters. The second-order valence-electron chi connectivity index (χ2n) is 6.68. The number of thioether (sulfide) groups is 1. The Hall–Kier alpha value is -0.740. The van der Waals surface area contributed by atoms with E-state index in [-0.39, 0.29) is 40.6 Å². The van der Waals surface area contributed by atoms with Crippen LogP contribution >= 0.6 is 35.7 Å². The predicted octanol–water partition coefficient (Wildman–Crippen LogP) is 4.07. The van der Waals surface area contributed by atoms with Crippen LogP contribution in [0.1, 0.15) is 33.1 Å². The van der Waals surface area contributed by atoms with E-state index in [9.17, 15) is 4.39 Å². The van der Waals surface area contributed by atoms with Crippen molar-refractivity contribution in [1.29, 1.82) is 0 Å². The van der Waals surface area contributed by atoms with Gasteiger partial charge in [0.05, 0.1) is 13.1 Å². The molecule has 2 N–H and O–H groups in total. The molecule has 28 heavy (non-hydrogen) atoms. The molecule has 1 unspecified atom stereocenters. The minimum Gasteiger partial charge on any atom is -0.489 e. The summed E-state index contributed by atoms with van der Waals surface area (Å²) in [7, 11) is 0. The van der Waals surface area contributed by atoms with Crippen LogP contribution in [0, 0.1) is 5.82 Å². The van der Waals surface area contributed by atoms with Crippen molar-refractivity contribution in [3.63, 3.8) is 0 Å². The van der Waals surface area contributed by atoms with E-state index in [1.807, 2.05) is 11.8 Å². The fourth-order valence-electron chi connectivity index (χ4n) is 2.95. The summed E-state index contributed by atoms with van der Waals surface area (Å²) in [6.45, 7) is 7.88. The van der Waals surface area contributed by atoms with E-state index < -0.39 is 0 Å². The average molecular weight is 525 g/mol. The van der Waals surface area contributed by atoms with Crippen LogP contribution in [0.2, 0.25) is 0 Å². The summed E-state index contributed by atoms with van der Waals surface area (Å²) in [6, 6.07) is 6.26. The standard InChI is InChI=1S/C20H32FN3O2S.HI/c1-4-17(26-18-8-6-7-16(21)13-18)14-23-19(22-5-2)24-15-20(27-3)9-11-25-12-10-20;/h6-8,13,17H,4-5,9-12,14-15H2,1-3H3,(H2,22,23,24);1H. The van der Waals surface area contributed by atoms with Gasteiger partial charge in [0.1, 0.15) is 17.7 Å². The molecule has 1 heterocycles. The van der Waals surface area contributed by atoms with Crippen molar-refractivity contribution >= 4 is 41.7 Å². The van der Waals surface area contributed by atoms with Gasteiger partial charge >= 0.3 is 0 Å². The van der Waals surface area contributed by atoms with Crippen molar-refractivity contribution in [1.82, 2.24) is 10.6 Å². The second kappa shape index (κ2) is 13.5. The van der Waals surface area contributed by atoms with Crippen LogP contribution in [0.15, 0.2) is 29.3 Å². The minimum absolute atomic E-state index is 0. The summed E-state index contributed by atoms with van der Waals surface area (Å²) < 4.78 is 24.9. The first-order chi connectivity index (χ1) is 13.1. The normalized spacial score (nSPS) is 17.4. The molecule has 2 rings (SSSR count). The van der Waals surface area contributed by atoms with Crippen LogP contribution in [0.3, 0.4) is 0 Å². The van der Waals surface area contributed by atoms with Crippen molar-refractivity contribution in [3.8, 4) is 5.75 Å². The summed E-state index contributed by atoms with van der Waals surface area (Å²) >= 11 is 1.88. The number of rotatable bonds is 9. The Labute approximate surface area is 189 Å². The molecule has 1 aliphatic heterocycles. The van der Waals surface area contributed by atoms with Gasteiger partial charge in [0.15, 0.2) is 5.96 Å². The second-order valence-corrected chi connectivity index (χ2v) is 7.96. The van der Waals surface area contributed by atoms with Gasteiger partial charge in [0.2, 0.25) is 0 Å². The van der Waals surface area contributed by atoms with Crippen LogP contribution in [0.4, 0.5) is 4.39 Å². The van der Waals surface area contributed by atoms with Crippen LogP contribution in [-0.2, 0) is 4.74 Å². The lowest BCUT2D eigenvalue weighted by Gasteiger charge is -2.34.